The van der Waals surface area contributed by atoms with Crippen LogP contribution in [-0.4, -0.2) is 50.6 Å². The molecule has 0 radical (unpaired) electrons. The molecule has 0 aliphatic carbocycles. The number of aromatic amines is 1. The van der Waals surface area contributed by atoms with Crippen LogP contribution in [-0.2, 0) is 9.59 Å². The first-order chi connectivity index (χ1) is 15.2. The van der Waals surface area contributed by atoms with Gasteiger partial charge in [0.15, 0.2) is 5.82 Å². The number of carbonyl (C=O) groups excluding carboxylic acids is 1. The van der Waals surface area contributed by atoms with Crippen LogP contribution in [0.2, 0.25) is 0 Å². The molecule has 1 atom stereocenters. The summed E-state index contributed by atoms with van der Waals surface area (Å²) in [5.41, 5.74) is 6.87. The number of carboxylic acid groups (broad SMARTS) is 2. The molecule has 1 amide bonds. The van der Waals surface area contributed by atoms with E-state index in [9.17, 15) is 19.2 Å². The first kappa shape index (κ1) is 22.1. The summed E-state index contributed by atoms with van der Waals surface area (Å²) in [5, 5.41) is 29.1. The number of hydrogen-bond donors (Lipinski definition) is 8. The van der Waals surface area contributed by atoms with Gasteiger partial charge in [0.1, 0.15) is 11.7 Å². The summed E-state index contributed by atoms with van der Waals surface area (Å²) < 4.78 is 0. The number of fused-ring (bicyclic) bond motifs is 1. The maximum Gasteiger partial charge on any atom is 0.326 e. The van der Waals surface area contributed by atoms with Gasteiger partial charge in [-0.25, -0.2) is 4.79 Å². The number of aromatic nitrogens is 2. The second-order valence-corrected chi connectivity index (χ2v) is 6.84. The molecule has 0 spiro atoms. The van der Waals surface area contributed by atoms with Gasteiger partial charge in [0.25, 0.3) is 11.5 Å². The second kappa shape index (κ2) is 9.51. The van der Waals surface area contributed by atoms with E-state index in [0.29, 0.717) is 23.7 Å². The SMILES string of the molecule is Nc1nc2c(c(=O)[nH]1)NC(CNc1ccc(C(=O)N[C@@H](CCC(=O)O)C(=O)O)cc1)=CN2. The standard InChI is InChI=1S/C19H21N7O6/c20-19-25-15-14(17(30)26-19)23-11(8-22-15)7-21-10-3-1-9(2-4-10)16(29)24-12(18(31)32)5-6-13(27)28/h1-4,8,12,21,23H,5-7H2,(H,24,29)(H,27,28)(H,31,32)(H4,20,22,25,26,30)/t12-/m0/s1. The lowest BCUT2D eigenvalue weighted by Crippen LogP contribution is -2.41. The summed E-state index contributed by atoms with van der Waals surface area (Å²) in [5.74, 6) is -2.77. The van der Waals surface area contributed by atoms with Crippen LogP contribution in [0.15, 0.2) is 41.0 Å². The van der Waals surface area contributed by atoms with Gasteiger partial charge in [-0.3, -0.25) is 19.4 Å². The van der Waals surface area contributed by atoms with E-state index in [1.54, 1.807) is 18.3 Å². The smallest absolute Gasteiger partial charge is 0.326 e. The van der Waals surface area contributed by atoms with Crippen LogP contribution in [0.5, 0.6) is 0 Å². The topological polar surface area (TPSA) is 212 Å². The van der Waals surface area contributed by atoms with Gasteiger partial charge in [0, 0.05) is 23.9 Å². The maximum absolute atomic E-state index is 12.3. The van der Waals surface area contributed by atoms with Crippen molar-refractivity contribution in [3.05, 3.63) is 52.1 Å². The second-order valence-electron chi connectivity index (χ2n) is 6.84. The lowest BCUT2D eigenvalue weighted by molar-refractivity contribution is -0.140. The number of hydrogen-bond acceptors (Lipinski definition) is 9. The average Bonchev–Trinajstić information content (AvgIpc) is 2.75. The molecule has 1 aliphatic heterocycles. The number of rotatable bonds is 9. The molecule has 1 aromatic heterocycles. The van der Waals surface area contributed by atoms with Crippen molar-refractivity contribution in [1.29, 1.82) is 0 Å². The van der Waals surface area contributed by atoms with E-state index in [1.807, 2.05) is 0 Å². The summed E-state index contributed by atoms with van der Waals surface area (Å²) in [4.78, 5) is 52.5. The largest absolute Gasteiger partial charge is 0.481 e. The van der Waals surface area contributed by atoms with Crippen LogP contribution in [0.3, 0.4) is 0 Å². The highest BCUT2D eigenvalue weighted by atomic mass is 16.4. The fourth-order valence-corrected chi connectivity index (χ4v) is 2.86. The third-order valence-electron chi connectivity index (χ3n) is 4.49. The third-order valence-corrected chi connectivity index (χ3v) is 4.49. The molecular weight excluding hydrogens is 422 g/mol. The number of carboxylic acids is 2. The third kappa shape index (κ3) is 5.53. The molecule has 0 saturated heterocycles. The van der Waals surface area contributed by atoms with E-state index in [2.05, 4.69) is 31.2 Å². The molecule has 1 aromatic carbocycles. The Morgan fingerprint density at radius 1 is 1.16 bits per heavy atom. The molecular formula is C19H21N7O6. The fourth-order valence-electron chi connectivity index (χ4n) is 2.86. The van der Waals surface area contributed by atoms with Gasteiger partial charge >= 0.3 is 11.9 Å². The van der Waals surface area contributed by atoms with Crippen LogP contribution in [0, 0.1) is 0 Å². The minimum absolute atomic E-state index is 0.00119. The number of amides is 1. The van der Waals surface area contributed by atoms with Crippen LogP contribution < -0.4 is 32.6 Å². The van der Waals surface area contributed by atoms with Crippen molar-refractivity contribution in [2.45, 2.75) is 18.9 Å². The Hall–Kier alpha value is -4.55. The number of nitrogens with one attached hydrogen (secondary N) is 5. The molecule has 9 N–H and O–H groups in total. The summed E-state index contributed by atoms with van der Waals surface area (Å²) in [7, 11) is 0. The minimum atomic E-state index is -1.31. The fraction of sp³-hybridized carbons (Fsp3) is 0.211. The molecule has 0 saturated carbocycles. The monoisotopic (exact) mass is 443 g/mol. The summed E-state index contributed by atoms with van der Waals surface area (Å²) in [6.45, 7) is 0.318. The Morgan fingerprint density at radius 3 is 2.53 bits per heavy atom. The van der Waals surface area contributed by atoms with Crippen LogP contribution in [0.4, 0.5) is 23.1 Å². The average molecular weight is 443 g/mol. The number of H-pyrrole nitrogens is 1. The maximum atomic E-state index is 12.3. The Morgan fingerprint density at radius 2 is 1.88 bits per heavy atom. The molecule has 0 fully saturated rings. The molecule has 2 heterocycles. The zero-order valence-corrected chi connectivity index (χ0v) is 16.6. The highest BCUT2D eigenvalue weighted by molar-refractivity contribution is 5.97. The molecule has 0 unspecified atom stereocenters. The van der Waals surface area contributed by atoms with Gasteiger partial charge in [0.2, 0.25) is 5.95 Å². The highest BCUT2D eigenvalue weighted by Crippen LogP contribution is 2.21. The molecule has 13 nitrogen and oxygen atoms in total. The predicted molar refractivity (Wildman–Crippen MR) is 115 cm³/mol. The molecule has 3 rings (SSSR count). The van der Waals surface area contributed by atoms with Crippen molar-refractivity contribution in [3.8, 4) is 0 Å². The summed E-state index contributed by atoms with van der Waals surface area (Å²) in [6, 6.07) is 4.95. The van der Waals surface area contributed by atoms with E-state index < -0.39 is 29.4 Å². The Kier molecular flexibility index (Phi) is 6.58. The zero-order chi connectivity index (χ0) is 23.3. The quantitative estimate of drug-likeness (QED) is 0.262. The van der Waals surface area contributed by atoms with Crippen molar-refractivity contribution in [1.82, 2.24) is 15.3 Å². The number of nitrogens with zero attached hydrogens (tertiary/aromatic N) is 1. The van der Waals surface area contributed by atoms with Gasteiger partial charge < -0.3 is 37.2 Å². The molecule has 0 bridgehead atoms. The van der Waals surface area contributed by atoms with E-state index in [4.69, 9.17) is 15.9 Å². The van der Waals surface area contributed by atoms with Crippen molar-refractivity contribution in [2.24, 2.45) is 0 Å². The number of nitrogen functional groups attached to an aromatic ring is 1. The lowest BCUT2D eigenvalue weighted by atomic mass is 10.1. The van der Waals surface area contributed by atoms with Gasteiger partial charge in [-0.15, -0.1) is 0 Å². The summed E-state index contributed by atoms with van der Waals surface area (Å²) >= 11 is 0. The minimum Gasteiger partial charge on any atom is -0.481 e. The van der Waals surface area contributed by atoms with Crippen molar-refractivity contribution >= 4 is 41.0 Å². The van der Waals surface area contributed by atoms with E-state index >= 15 is 0 Å². The summed E-state index contributed by atoms with van der Waals surface area (Å²) in [6.07, 6.45) is 1.03. The lowest BCUT2D eigenvalue weighted by Gasteiger charge is -2.19. The first-order valence-corrected chi connectivity index (χ1v) is 9.44. The predicted octanol–water partition coefficient (Wildman–Crippen LogP) is 0.191. The first-order valence-electron chi connectivity index (χ1n) is 9.44. The molecule has 13 heteroatoms. The van der Waals surface area contributed by atoms with Crippen molar-refractivity contribution in [2.75, 3.05) is 28.2 Å². The Bertz CT molecular complexity index is 1130. The van der Waals surface area contributed by atoms with E-state index in [0.717, 1.165) is 0 Å². The Labute approximate surface area is 180 Å². The number of anilines is 4. The normalized spacial score (nSPS) is 12.9. The zero-order valence-electron chi connectivity index (χ0n) is 16.6. The highest BCUT2D eigenvalue weighted by Gasteiger charge is 2.21. The number of aliphatic carboxylic acids is 2. The molecule has 2 aromatic rings. The van der Waals surface area contributed by atoms with Crippen LogP contribution in [0.25, 0.3) is 0 Å². The van der Waals surface area contributed by atoms with Crippen molar-refractivity contribution < 1.29 is 24.6 Å². The number of carbonyl (C=O) groups is 3. The van der Waals surface area contributed by atoms with Gasteiger partial charge in [-0.05, 0) is 30.7 Å². The van der Waals surface area contributed by atoms with E-state index in [-0.39, 0.29) is 30.0 Å². The molecule has 168 valence electrons. The van der Waals surface area contributed by atoms with Gasteiger partial charge in [0.05, 0.1) is 12.2 Å². The Balaban J connectivity index is 1.56. The number of nitrogens with two attached hydrogens (primary N) is 1. The number of benzene rings is 1. The molecule has 32 heavy (non-hydrogen) atoms. The van der Waals surface area contributed by atoms with E-state index in [1.165, 1.54) is 12.1 Å². The van der Waals surface area contributed by atoms with Gasteiger partial charge in [-0.2, -0.15) is 4.98 Å². The van der Waals surface area contributed by atoms with Crippen LogP contribution >= 0.6 is 0 Å². The molecule has 1 aliphatic rings. The van der Waals surface area contributed by atoms with Crippen LogP contribution in [0.1, 0.15) is 23.2 Å². The van der Waals surface area contributed by atoms with Gasteiger partial charge in [-0.1, -0.05) is 0 Å². The van der Waals surface area contributed by atoms with Crippen molar-refractivity contribution in [3.63, 3.8) is 0 Å².